The van der Waals surface area contributed by atoms with Gasteiger partial charge in [-0.3, -0.25) is 4.79 Å². The van der Waals surface area contributed by atoms with Gasteiger partial charge < -0.3 is 50.4 Å². The first-order valence-corrected chi connectivity index (χ1v) is 14.1. The van der Waals surface area contributed by atoms with E-state index in [4.69, 9.17) is 55.0 Å². The molecule has 0 heterocycles. The third-order valence-electron chi connectivity index (χ3n) is 4.85. The van der Waals surface area contributed by atoms with Crippen molar-refractivity contribution in [3.63, 3.8) is 0 Å². The molecular formula is C24H49O12P. The van der Waals surface area contributed by atoms with E-state index in [-0.39, 0.29) is 0 Å². The van der Waals surface area contributed by atoms with Crippen molar-refractivity contribution in [3.8, 4) is 0 Å². The summed E-state index contributed by atoms with van der Waals surface area (Å²) in [5.74, 6) is -0.671. The van der Waals surface area contributed by atoms with Gasteiger partial charge in [-0.25, -0.2) is 4.57 Å². The fraction of sp³-hybridized carbons (Fsp3) is 0.792. The van der Waals surface area contributed by atoms with Crippen LogP contribution in [-0.4, -0.2) is 94.0 Å². The maximum absolute atomic E-state index is 10.3. The largest absolute Gasteiger partial charge is 0.481 e. The maximum atomic E-state index is 10.3. The van der Waals surface area contributed by atoms with Crippen LogP contribution in [-0.2, 0) is 9.36 Å². The van der Waals surface area contributed by atoms with Gasteiger partial charge in [0.1, 0.15) is 24.4 Å². The zero-order valence-corrected chi connectivity index (χ0v) is 22.6. The zero-order chi connectivity index (χ0) is 29.1. The molecule has 4 unspecified atom stereocenters. The van der Waals surface area contributed by atoms with Crippen molar-refractivity contribution in [1.82, 2.24) is 0 Å². The number of carboxylic acids is 1. The van der Waals surface area contributed by atoms with E-state index in [1.807, 2.05) is 0 Å². The van der Waals surface area contributed by atoms with Crippen LogP contribution in [0.2, 0.25) is 0 Å². The van der Waals surface area contributed by atoms with Gasteiger partial charge >= 0.3 is 13.8 Å². The molecule has 13 heteroatoms. The van der Waals surface area contributed by atoms with Crippen LogP contribution in [0.25, 0.3) is 0 Å². The Morgan fingerprint density at radius 2 is 1.08 bits per heavy atom. The van der Waals surface area contributed by atoms with Gasteiger partial charge in [0.25, 0.3) is 0 Å². The van der Waals surface area contributed by atoms with Crippen molar-refractivity contribution in [2.24, 2.45) is 0 Å². The molecule has 0 aliphatic carbocycles. The lowest BCUT2D eigenvalue weighted by molar-refractivity contribution is -0.137. The third-order valence-corrected chi connectivity index (χ3v) is 4.85. The molecule has 0 fully saturated rings. The van der Waals surface area contributed by atoms with Gasteiger partial charge in [0.15, 0.2) is 0 Å². The monoisotopic (exact) mass is 560 g/mol. The van der Waals surface area contributed by atoms with Crippen molar-refractivity contribution < 1.29 is 59.8 Å². The summed E-state index contributed by atoms with van der Waals surface area (Å²) in [4.78, 5) is 31.9. The molecule has 37 heavy (non-hydrogen) atoms. The molecule has 0 rings (SSSR count). The number of hydrogen-bond donors (Lipinski definition) is 10. The Bertz CT molecular complexity index is 586. The number of aliphatic carboxylic acids is 1. The molecule has 4 atom stereocenters. The smallest absolute Gasteiger partial charge is 0.466 e. The minimum Gasteiger partial charge on any atom is -0.481 e. The van der Waals surface area contributed by atoms with Crippen LogP contribution in [0.4, 0.5) is 0 Å². The number of phosphoric acid groups is 1. The van der Waals surface area contributed by atoms with E-state index in [0.29, 0.717) is 6.42 Å². The van der Waals surface area contributed by atoms with Gasteiger partial charge in [-0.1, -0.05) is 63.3 Å². The minimum atomic E-state index is -4.64. The first-order valence-electron chi connectivity index (χ1n) is 12.6. The van der Waals surface area contributed by atoms with Gasteiger partial charge in [0.05, 0.1) is 13.2 Å². The number of allylic oxidation sites excluding steroid dienone is 4. The van der Waals surface area contributed by atoms with E-state index in [1.165, 1.54) is 44.9 Å². The highest BCUT2D eigenvalue weighted by molar-refractivity contribution is 7.45. The molecule has 222 valence electrons. The highest BCUT2D eigenvalue weighted by Crippen LogP contribution is 2.25. The molecule has 0 aromatic carbocycles. The number of aliphatic hydroxyl groups excluding tert-OH is 6. The standard InChI is InChI=1S/C18H32O2.C6H14O6.H3O4P/c1-2-3-4-5-6-7-8-9-10-11-12-13-14-15-16-17-18(19)20;7-1-3(9)5(11)6(12)4(10)2-8;1-5(2,3)4/h6-7,9-10H,2-5,8,11-17H2,1H3,(H,19,20);3-12H,1-2H2;(H3,1,2,3,4)/b7-6-,10-9-;;. The van der Waals surface area contributed by atoms with Crippen LogP contribution in [0.5, 0.6) is 0 Å². The molecule has 0 spiro atoms. The second kappa shape index (κ2) is 27.8. The fourth-order valence-electron chi connectivity index (χ4n) is 2.76. The average Bonchev–Trinajstić information content (AvgIpc) is 2.83. The lowest BCUT2D eigenvalue weighted by Crippen LogP contribution is -2.46. The molecule has 0 aromatic rings. The lowest BCUT2D eigenvalue weighted by atomic mass is 10.0. The number of unbranched alkanes of at least 4 members (excludes halogenated alkanes) is 8. The summed E-state index contributed by atoms with van der Waals surface area (Å²) in [7, 11) is -4.64. The minimum absolute atomic E-state index is 0.324. The van der Waals surface area contributed by atoms with E-state index in [0.717, 1.165) is 25.7 Å². The summed E-state index contributed by atoms with van der Waals surface area (Å²) in [6, 6.07) is 0. The predicted molar refractivity (Wildman–Crippen MR) is 139 cm³/mol. The Kier molecular flexibility index (Phi) is 30.3. The number of aliphatic hydroxyl groups is 6. The summed E-state index contributed by atoms with van der Waals surface area (Å²) in [5, 5.41) is 60.7. The number of rotatable bonds is 19. The van der Waals surface area contributed by atoms with Crippen molar-refractivity contribution in [3.05, 3.63) is 24.3 Å². The molecule has 0 radical (unpaired) electrons. The summed E-state index contributed by atoms with van der Waals surface area (Å²) in [6.07, 6.45) is 15.9. The van der Waals surface area contributed by atoms with Crippen LogP contribution in [0.1, 0.15) is 84.0 Å². The van der Waals surface area contributed by atoms with E-state index in [9.17, 15) is 4.79 Å². The summed E-state index contributed by atoms with van der Waals surface area (Å²) < 4.78 is 8.88. The van der Waals surface area contributed by atoms with E-state index in [2.05, 4.69) is 31.2 Å². The molecule has 0 saturated carbocycles. The molecule has 0 aliphatic rings. The second-order valence-corrected chi connectivity index (χ2v) is 9.40. The summed E-state index contributed by atoms with van der Waals surface area (Å²) in [6.45, 7) is 0.783. The molecule has 10 N–H and O–H groups in total. The average molecular weight is 561 g/mol. The Morgan fingerprint density at radius 1 is 0.703 bits per heavy atom. The number of hydrogen-bond acceptors (Lipinski definition) is 8. The van der Waals surface area contributed by atoms with Crippen LogP contribution < -0.4 is 0 Å². The van der Waals surface area contributed by atoms with E-state index in [1.54, 1.807) is 0 Å². The quantitative estimate of drug-likeness (QED) is 0.0612. The first-order chi connectivity index (χ1) is 17.3. The van der Waals surface area contributed by atoms with Crippen LogP contribution in [0, 0.1) is 0 Å². The van der Waals surface area contributed by atoms with Crippen molar-refractivity contribution in [2.75, 3.05) is 13.2 Å². The van der Waals surface area contributed by atoms with Crippen molar-refractivity contribution in [2.45, 2.75) is 108 Å². The number of carbonyl (C=O) groups is 1. The third kappa shape index (κ3) is 37.0. The van der Waals surface area contributed by atoms with Crippen molar-refractivity contribution in [1.29, 1.82) is 0 Å². The molecule has 0 aromatic heterocycles. The zero-order valence-electron chi connectivity index (χ0n) is 21.8. The van der Waals surface area contributed by atoms with E-state index < -0.39 is 51.4 Å². The first kappa shape index (κ1) is 40.3. The normalized spacial score (nSPS) is 14.9. The maximum Gasteiger partial charge on any atom is 0.466 e. The van der Waals surface area contributed by atoms with Gasteiger partial charge in [0.2, 0.25) is 0 Å². The molecule has 0 saturated heterocycles. The molecular weight excluding hydrogens is 511 g/mol. The van der Waals surface area contributed by atoms with Crippen LogP contribution >= 0.6 is 7.82 Å². The van der Waals surface area contributed by atoms with Crippen molar-refractivity contribution >= 4 is 13.8 Å². The van der Waals surface area contributed by atoms with Crippen LogP contribution in [0.3, 0.4) is 0 Å². The predicted octanol–water partition coefficient (Wildman–Crippen LogP) is 1.37. The fourth-order valence-corrected chi connectivity index (χ4v) is 2.76. The Labute approximate surface area is 219 Å². The highest BCUT2D eigenvalue weighted by Gasteiger charge is 2.29. The second-order valence-electron chi connectivity index (χ2n) is 8.37. The van der Waals surface area contributed by atoms with Gasteiger partial charge in [-0.15, -0.1) is 0 Å². The summed E-state index contributed by atoms with van der Waals surface area (Å²) >= 11 is 0. The van der Waals surface area contributed by atoms with Crippen LogP contribution in [0.15, 0.2) is 24.3 Å². The van der Waals surface area contributed by atoms with Gasteiger partial charge in [-0.05, 0) is 38.5 Å². The highest BCUT2D eigenvalue weighted by atomic mass is 31.2. The summed E-state index contributed by atoms with van der Waals surface area (Å²) in [5.41, 5.74) is 0. The Hall–Kier alpha value is -1.18. The lowest BCUT2D eigenvalue weighted by Gasteiger charge is -2.24. The van der Waals surface area contributed by atoms with Gasteiger partial charge in [-0.2, -0.15) is 0 Å². The van der Waals surface area contributed by atoms with E-state index >= 15 is 0 Å². The molecule has 0 amide bonds. The SMILES string of the molecule is CCCCC/C=C\C/C=C\CCCCCCCC(=O)O.O=P(O)(O)O.OCC(O)C(O)C(O)C(O)CO. The number of carboxylic acid groups (broad SMARTS) is 1. The molecule has 0 bridgehead atoms. The Morgan fingerprint density at radius 3 is 1.46 bits per heavy atom. The van der Waals surface area contributed by atoms with Gasteiger partial charge in [0, 0.05) is 6.42 Å². The Balaban J connectivity index is -0.000000572. The molecule has 0 aliphatic heterocycles. The molecule has 12 nitrogen and oxygen atoms in total. The topological polar surface area (TPSA) is 236 Å².